The average molecular weight is 865 g/mol. The van der Waals surface area contributed by atoms with Crippen LogP contribution in [0.25, 0.3) is 21.8 Å². The first kappa shape index (κ1) is 44.4. The molecule has 2 aromatic heterocycles. The van der Waals surface area contributed by atoms with Gasteiger partial charge in [0.25, 0.3) is 0 Å². The number of aromatic nitrogens is 2. The van der Waals surface area contributed by atoms with Gasteiger partial charge < -0.3 is 40.3 Å². The Morgan fingerprint density at radius 2 is 0.922 bits per heavy atom. The van der Waals surface area contributed by atoms with E-state index in [1.807, 2.05) is 0 Å². The number of aryl methyl sites for hydroxylation is 4. The van der Waals surface area contributed by atoms with E-state index in [0.717, 1.165) is 63.5 Å². The first-order chi connectivity index (χ1) is 30.9. The topological polar surface area (TPSA) is 183 Å². The number of benzene rings is 4. The lowest BCUT2D eigenvalue weighted by Gasteiger charge is -2.19. The number of nitrogens with one attached hydrogen (secondary N) is 4. The van der Waals surface area contributed by atoms with Crippen LogP contribution in [0, 0.1) is 0 Å². The molecule has 2 aliphatic rings. The number of pyridine rings is 2. The third-order valence-electron chi connectivity index (χ3n) is 12.9. The molecule has 0 saturated heterocycles. The van der Waals surface area contributed by atoms with Crippen molar-refractivity contribution in [3.05, 3.63) is 161 Å². The van der Waals surface area contributed by atoms with Crippen LogP contribution in [0.15, 0.2) is 94.5 Å². The number of hydrogen-bond donors (Lipinski definition) is 6. The number of rotatable bonds is 16. The minimum Gasteiger partial charge on any atom is -0.421 e. The number of aromatic amines is 2. The zero-order valence-electron chi connectivity index (χ0n) is 36.8. The van der Waals surface area contributed by atoms with E-state index < -0.39 is 35.3 Å². The highest BCUT2D eigenvalue weighted by molar-refractivity contribution is 5.97. The van der Waals surface area contributed by atoms with Crippen LogP contribution in [-0.4, -0.2) is 57.3 Å². The van der Waals surface area contributed by atoms with Crippen molar-refractivity contribution in [3.8, 4) is 11.5 Å². The number of fused-ring (bicyclic) bond motifs is 4. The zero-order valence-corrected chi connectivity index (χ0v) is 36.8. The van der Waals surface area contributed by atoms with E-state index >= 15 is 0 Å². The molecule has 64 heavy (non-hydrogen) atoms. The van der Waals surface area contributed by atoms with Gasteiger partial charge in [-0.2, -0.15) is 0 Å². The number of aliphatic hydroxyl groups excluding tert-OH is 2. The summed E-state index contributed by atoms with van der Waals surface area (Å²) in [5, 5.41) is 30.8. The molecular formula is C52H56N4O8. The highest BCUT2D eigenvalue weighted by Gasteiger charge is 2.26. The lowest BCUT2D eigenvalue weighted by Crippen LogP contribution is -2.33. The van der Waals surface area contributed by atoms with Gasteiger partial charge in [-0.05, 0) is 131 Å². The first-order valence-corrected chi connectivity index (χ1v) is 22.5. The van der Waals surface area contributed by atoms with Gasteiger partial charge in [0, 0.05) is 60.2 Å². The van der Waals surface area contributed by atoms with Crippen LogP contribution in [0.1, 0.15) is 95.5 Å². The Kier molecular flexibility index (Phi) is 13.4. The lowest BCUT2D eigenvalue weighted by molar-refractivity contribution is -0.131. The fourth-order valence-electron chi connectivity index (χ4n) is 9.60. The average Bonchev–Trinajstić information content (AvgIpc) is 3.90. The molecule has 332 valence electrons. The molecule has 0 radical (unpaired) electrons. The van der Waals surface area contributed by atoms with Gasteiger partial charge in [-0.3, -0.25) is 9.59 Å². The van der Waals surface area contributed by atoms with Crippen molar-refractivity contribution >= 4 is 33.7 Å². The Morgan fingerprint density at radius 1 is 0.578 bits per heavy atom. The molecule has 2 atom stereocenters. The SMILES string of the molecule is CCc1cc2c(cc1CC)CC(NC[C@H](O)c1ccc(OC(=O)/C=C\C(=O)Oc3ccc([C@@H](O)CNC4Cc5cc(CC)c(CC)cc5C4)c4ccc(=O)[nH]c34)c3[nH]c(=O)ccc13)C2. The summed E-state index contributed by atoms with van der Waals surface area (Å²) in [7, 11) is 0. The third-order valence-corrected chi connectivity index (χ3v) is 12.9. The number of carbonyl (C=O) groups excluding carboxylic acids is 2. The van der Waals surface area contributed by atoms with Crippen LogP contribution >= 0.6 is 0 Å². The highest BCUT2D eigenvalue weighted by Crippen LogP contribution is 2.33. The number of esters is 2. The molecule has 12 heteroatoms. The van der Waals surface area contributed by atoms with Gasteiger partial charge in [0.05, 0.1) is 23.2 Å². The smallest absolute Gasteiger partial charge is 0.336 e. The Morgan fingerprint density at radius 3 is 1.25 bits per heavy atom. The Balaban J connectivity index is 0.896. The van der Waals surface area contributed by atoms with Crippen LogP contribution in [0.5, 0.6) is 11.5 Å². The summed E-state index contributed by atoms with van der Waals surface area (Å²) >= 11 is 0. The second-order valence-electron chi connectivity index (χ2n) is 17.0. The Hall–Kier alpha value is -6.18. The summed E-state index contributed by atoms with van der Waals surface area (Å²) in [5.74, 6) is -1.76. The number of H-pyrrole nitrogens is 2. The van der Waals surface area contributed by atoms with Crippen molar-refractivity contribution in [2.24, 2.45) is 0 Å². The minimum absolute atomic E-state index is 0.0326. The monoisotopic (exact) mass is 864 g/mol. The molecule has 8 rings (SSSR count). The standard InChI is InChI=1S/C52H56N4O8/c1-5-29-19-33-23-37(24-34(33)20-30(29)6-2)53-27-43(57)39-9-13-45(51-41(39)11-15-47(59)55-51)63-49(61)17-18-50(62)64-46-14-10-40(42-12-16-48(60)56-52(42)46)44(58)28-54-38-25-35-21-31(7-3)32(8-4)22-36(35)26-38/h9-22,37-38,43-44,53-54,57-58H,5-8,23-28H2,1-4H3,(H,55,59)(H,56,60)/b18-17-/t43-,44-/m0/s1. The first-order valence-electron chi connectivity index (χ1n) is 22.5. The second-order valence-corrected chi connectivity index (χ2v) is 17.0. The van der Waals surface area contributed by atoms with Crippen molar-refractivity contribution in [1.82, 2.24) is 20.6 Å². The quantitative estimate of drug-likeness (QED) is 0.0369. The number of carbonyl (C=O) groups is 2. The van der Waals surface area contributed by atoms with Crippen LogP contribution < -0.4 is 31.2 Å². The number of hydrogen-bond acceptors (Lipinski definition) is 10. The molecule has 0 spiro atoms. The summed E-state index contributed by atoms with van der Waals surface area (Å²) in [6.45, 7) is 9.27. The van der Waals surface area contributed by atoms with Crippen molar-refractivity contribution in [2.75, 3.05) is 13.1 Å². The van der Waals surface area contributed by atoms with E-state index in [1.165, 1.54) is 68.8 Å². The molecule has 6 aromatic rings. The molecule has 12 nitrogen and oxygen atoms in total. The van der Waals surface area contributed by atoms with E-state index in [4.69, 9.17) is 9.47 Å². The number of ether oxygens (including phenoxy) is 2. The molecule has 0 aliphatic heterocycles. The second kappa shape index (κ2) is 19.3. The van der Waals surface area contributed by atoms with Gasteiger partial charge in [0.2, 0.25) is 11.1 Å². The molecule has 0 fully saturated rings. The summed E-state index contributed by atoms with van der Waals surface area (Å²) in [5.41, 5.74) is 11.6. The van der Waals surface area contributed by atoms with Gasteiger partial charge in [-0.25, -0.2) is 9.59 Å². The molecule has 0 amide bonds. The molecule has 2 aliphatic carbocycles. The fourth-order valence-corrected chi connectivity index (χ4v) is 9.60. The number of aliphatic hydroxyl groups is 2. The summed E-state index contributed by atoms with van der Waals surface area (Å²) in [4.78, 5) is 56.4. The fraction of sp³-hybridized carbons (Fsp3) is 0.346. The van der Waals surface area contributed by atoms with Crippen molar-refractivity contribution in [2.45, 2.75) is 103 Å². The van der Waals surface area contributed by atoms with Gasteiger partial charge in [0.1, 0.15) is 0 Å². The van der Waals surface area contributed by atoms with E-state index in [1.54, 1.807) is 24.3 Å². The lowest BCUT2D eigenvalue weighted by atomic mass is 9.97. The summed E-state index contributed by atoms with van der Waals surface area (Å²) in [6, 6.07) is 21.8. The van der Waals surface area contributed by atoms with Crippen LogP contribution in [0.4, 0.5) is 0 Å². The molecule has 0 unspecified atom stereocenters. The largest absolute Gasteiger partial charge is 0.421 e. The molecular weight excluding hydrogens is 809 g/mol. The van der Waals surface area contributed by atoms with Gasteiger partial charge in [-0.1, -0.05) is 64.1 Å². The summed E-state index contributed by atoms with van der Waals surface area (Å²) < 4.78 is 11.2. The van der Waals surface area contributed by atoms with E-state index in [2.05, 4.69) is 72.6 Å². The van der Waals surface area contributed by atoms with E-state index in [9.17, 15) is 29.4 Å². The van der Waals surface area contributed by atoms with E-state index in [-0.39, 0.29) is 47.7 Å². The van der Waals surface area contributed by atoms with Crippen molar-refractivity contribution in [1.29, 1.82) is 0 Å². The maximum absolute atomic E-state index is 13.0. The Bertz CT molecular complexity index is 2640. The maximum atomic E-state index is 13.0. The molecule has 0 saturated carbocycles. The van der Waals surface area contributed by atoms with Crippen LogP contribution in [0.3, 0.4) is 0 Å². The molecule has 4 aromatic carbocycles. The maximum Gasteiger partial charge on any atom is 0.336 e. The predicted octanol–water partition coefficient (Wildman–Crippen LogP) is 6.27. The van der Waals surface area contributed by atoms with Gasteiger partial charge in [-0.15, -0.1) is 0 Å². The van der Waals surface area contributed by atoms with Crippen molar-refractivity contribution in [3.63, 3.8) is 0 Å². The third kappa shape index (κ3) is 9.51. The molecule has 0 bridgehead atoms. The summed E-state index contributed by atoms with van der Waals surface area (Å²) in [6.07, 6.45) is 7.45. The minimum atomic E-state index is -0.923. The normalized spacial score (nSPS) is 14.9. The van der Waals surface area contributed by atoms with Crippen LogP contribution in [-0.2, 0) is 61.0 Å². The molecule has 2 heterocycles. The van der Waals surface area contributed by atoms with Gasteiger partial charge >= 0.3 is 11.9 Å². The van der Waals surface area contributed by atoms with E-state index in [0.29, 0.717) is 21.9 Å². The van der Waals surface area contributed by atoms with Crippen molar-refractivity contribution < 1.29 is 29.3 Å². The predicted molar refractivity (Wildman–Crippen MR) is 248 cm³/mol. The van der Waals surface area contributed by atoms with Crippen LogP contribution in [0.2, 0.25) is 0 Å². The highest BCUT2D eigenvalue weighted by atomic mass is 16.5. The zero-order chi connectivity index (χ0) is 45.1. The van der Waals surface area contributed by atoms with Gasteiger partial charge in [0.15, 0.2) is 11.5 Å². The molecule has 6 N–H and O–H groups in total. The Labute approximate surface area is 371 Å².